The van der Waals surface area contributed by atoms with Crippen LogP contribution in [-0.2, 0) is 19.5 Å². The van der Waals surface area contributed by atoms with Crippen molar-refractivity contribution in [3.05, 3.63) is 56.3 Å². The Morgan fingerprint density at radius 1 is 1.11 bits per heavy atom. The molecule has 0 aliphatic heterocycles. The van der Waals surface area contributed by atoms with Crippen molar-refractivity contribution in [2.24, 2.45) is 0 Å². The van der Waals surface area contributed by atoms with Crippen LogP contribution in [-0.4, -0.2) is 90.7 Å². The third-order valence-electron chi connectivity index (χ3n) is 1.85. The number of nitrogens with zero attached hydrogens (tertiary/aromatic N) is 3. The zero-order valence-corrected chi connectivity index (χ0v) is 23.0. The molecule has 0 aliphatic rings. The minimum absolute atomic E-state index is 0.0353. The van der Waals surface area contributed by atoms with Crippen LogP contribution in [0.5, 0.6) is 0 Å². The molecule has 0 fully saturated rings. The normalized spacial score (nSPS) is 8.59. The van der Waals surface area contributed by atoms with Gasteiger partial charge in [-0.3, -0.25) is 0 Å². The molecule has 138 valence electrons. The monoisotopic (exact) mass is 512 g/mol. The van der Waals surface area contributed by atoms with Gasteiger partial charge in [-0.2, -0.15) is 17.0 Å². The van der Waals surface area contributed by atoms with E-state index in [2.05, 4.69) is 9.97 Å². The fourth-order valence-corrected chi connectivity index (χ4v) is 1.26. The van der Waals surface area contributed by atoms with Crippen LogP contribution in [0.15, 0.2) is 24.5 Å². The number of nitro groups is 1. The van der Waals surface area contributed by atoms with E-state index >= 15 is 0 Å². The van der Waals surface area contributed by atoms with Gasteiger partial charge in [0, 0.05) is 12.3 Å². The van der Waals surface area contributed by atoms with Gasteiger partial charge in [-0.05, 0) is 16.0 Å². The maximum absolute atomic E-state index is 12.5. The quantitative estimate of drug-likeness (QED) is 0.343. The van der Waals surface area contributed by atoms with E-state index in [0.29, 0.717) is 0 Å². The summed E-state index contributed by atoms with van der Waals surface area (Å²) in [6.45, 7) is 0. The number of hydrogen-bond donors (Lipinski definition) is 1. The van der Waals surface area contributed by atoms with E-state index in [1.54, 1.807) is 0 Å². The summed E-state index contributed by atoms with van der Waals surface area (Å²) in [5.41, 5.74) is 5.04. The number of nitrogens with two attached hydrogens (primary N) is 1. The van der Waals surface area contributed by atoms with E-state index in [0.717, 1.165) is 18.3 Å². The number of hydrogen-bond acceptors (Lipinski definition) is 8. The Morgan fingerprint density at radius 3 is 1.81 bits per heavy atom. The van der Waals surface area contributed by atoms with Crippen LogP contribution in [0.3, 0.4) is 0 Å². The van der Waals surface area contributed by atoms with Crippen molar-refractivity contribution in [2.75, 3.05) is 5.73 Å². The van der Waals surface area contributed by atoms with Crippen LogP contribution in [0, 0.1) is 21.7 Å². The average Bonchev–Trinajstić information content (AvgIpc) is 2.61. The topological polar surface area (TPSA) is 146 Å². The van der Waals surface area contributed by atoms with Gasteiger partial charge in [-0.25, -0.2) is 9.37 Å². The Morgan fingerprint density at radius 2 is 1.52 bits per heavy atom. The predicted molar refractivity (Wildman–Crippen MR) is 98.0 cm³/mol. The van der Waals surface area contributed by atoms with Crippen molar-refractivity contribution in [2.45, 2.75) is 0 Å². The summed E-state index contributed by atoms with van der Waals surface area (Å²) in [6.07, 6.45) is 2.31. The summed E-state index contributed by atoms with van der Waals surface area (Å²) in [6, 6.07) is 1.95. The van der Waals surface area contributed by atoms with Gasteiger partial charge in [0.1, 0.15) is 0 Å². The van der Waals surface area contributed by atoms with Crippen LogP contribution in [0.25, 0.3) is 0 Å². The van der Waals surface area contributed by atoms with Crippen molar-refractivity contribution in [1.29, 1.82) is 0 Å². The number of halogens is 4. The summed E-state index contributed by atoms with van der Waals surface area (Å²) >= 11 is 13.2. The third kappa shape index (κ3) is 15.5. The number of aromatic nitrogens is 2. The molecule has 2 rings (SSSR count). The van der Waals surface area contributed by atoms with E-state index in [1.807, 2.05) is 0 Å². The summed E-state index contributed by atoms with van der Waals surface area (Å²) < 4.78 is 51.8. The molecule has 2 aromatic rings. The molecule has 2 N–H and O–H groups in total. The minimum atomic E-state index is -2.46. The van der Waals surface area contributed by atoms with Gasteiger partial charge in [0.2, 0.25) is 16.0 Å². The first-order valence-electron chi connectivity index (χ1n) is 6.50. The van der Waals surface area contributed by atoms with Crippen LogP contribution >= 0.6 is 23.2 Å². The molecule has 0 saturated heterocycles. The average molecular weight is 513 g/mol. The Kier molecular flexibility index (Phi) is 20.0. The van der Waals surface area contributed by atoms with Crippen molar-refractivity contribution < 1.29 is 26.3 Å². The van der Waals surface area contributed by atoms with Crippen molar-refractivity contribution in [3.63, 3.8) is 0 Å². The zero-order chi connectivity index (χ0) is 21.6. The summed E-state index contributed by atoms with van der Waals surface area (Å²) in [5.74, 6) is -2.54. The molecule has 0 spiro atoms. The predicted octanol–water partition coefficient (Wildman–Crippen LogP) is 1.47. The van der Waals surface area contributed by atoms with Gasteiger partial charge >= 0.3 is 78.2 Å². The Hall–Kier alpha value is 1.05. The van der Waals surface area contributed by atoms with E-state index in [4.69, 9.17) is 41.6 Å². The molecule has 0 unspecified atom stereocenters. The summed E-state index contributed by atoms with van der Waals surface area (Å²) in [5, 5.41) is 10.3. The molecular weight excluding hydrogens is 507 g/mol. The van der Waals surface area contributed by atoms with Crippen molar-refractivity contribution >= 4 is 117 Å². The first-order valence-corrected chi connectivity index (χ1v) is 25.6. The van der Waals surface area contributed by atoms with Gasteiger partial charge in [0.05, 0.1) is 10.0 Å². The SMILES string of the molecule is Nc1ncc(Cl)cc1F.O=S=S(=O)=O.O=[N+]([O-])c1ncc(Cl)cc1F.[K][K]. The molecule has 2 heterocycles. The molecule has 27 heavy (non-hydrogen) atoms. The van der Waals surface area contributed by atoms with E-state index in [9.17, 15) is 18.9 Å². The second-order valence-electron chi connectivity index (χ2n) is 3.51. The second-order valence-corrected chi connectivity index (χ2v) is 6.15. The number of rotatable bonds is 1. The molecule has 0 bridgehead atoms. The molecule has 0 amide bonds. The molecule has 0 radical (unpaired) electrons. The van der Waals surface area contributed by atoms with Crippen molar-refractivity contribution in [3.8, 4) is 0 Å². The van der Waals surface area contributed by atoms with Gasteiger partial charge in [-0.15, -0.1) is 0 Å². The van der Waals surface area contributed by atoms with Gasteiger partial charge in [-0.1, -0.05) is 23.2 Å². The first kappa shape index (κ1) is 30.2. The molecule has 0 atom stereocenters. The van der Waals surface area contributed by atoms with Crippen LogP contribution < -0.4 is 5.73 Å². The van der Waals surface area contributed by atoms with E-state index in [1.165, 1.54) is 69.4 Å². The second kappa shape index (κ2) is 17.9. The molecule has 9 nitrogen and oxygen atoms in total. The summed E-state index contributed by atoms with van der Waals surface area (Å²) in [7, 11) is -2.92. The molecule has 0 saturated carbocycles. The number of anilines is 1. The Balaban J connectivity index is 0. The van der Waals surface area contributed by atoms with E-state index < -0.39 is 41.9 Å². The van der Waals surface area contributed by atoms with Crippen molar-refractivity contribution in [1.82, 2.24) is 9.97 Å². The Bertz CT molecular complexity index is 928. The fraction of sp³-hybridized carbons (Fsp3) is 0. The number of pyridine rings is 2. The molecule has 0 aromatic carbocycles. The first-order chi connectivity index (χ1) is 12.6. The third-order valence-corrected chi connectivity index (χ3v) is 2.71. The van der Waals surface area contributed by atoms with Crippen LogP contribution in [0.4, 0.5) is 20.4 Å². The van der Waals surface area contributed by atoms with Gasteiger partial charge in [0.25, 0.3) is 0 Å². The fourth-order valence-electron chi connectivity index (χ4n) is 0.967. The number of nitrogen functional groups attached to an aromatic ring is 1. The molecule has 0 aliphatic carbocycles. The maximum atomic E-state index is 12.5. The van der Waals surface area contributed by atoms with Gasteiger partial charge < -0.3 is 15.8 Å². The Labute approximate surface area is 211 Å². The van der Waals surface area contributed by atoms with Gasteiger partial charge in [0.15, 0.2) is 17.8 Å². The van der Waals surface area contributed by atoms with E-state index in [-0.39, 0.29) is 15.9 Å². The molecule has 17 heteroatoms. The summed E-state index contributed by atoms with van der Waals surface area (Å²) in [4.78, 5) is 15.7. The molecule has 2 aromatic heterocycles. The van der Waals surface area contributed by atoms with Crippen LogP contribution in [0.2, 0.25) is 10.0 Å². The zero-order valence-electron chi connectivity index (χ0n) is 13.6. The van der Waals surface area contributed by atoms with Crippen LogP contribution in [0.1, 0.15) is 0 Å². The standard InChI is InChI=1S/C5H2ClFN2O2.C5H4ClFN2.2K.O3S2/c6-3-1-4(7)5(8-2-3)9(10)11;6-3-1-4(7)5(8)9-2-3;;;1-4-5(2)3/h1-2H;1-2H,(H2,8,9);;;. The molecular formula is C10H6Cl2F2K2N4O5S2.